The molecular formula is C16H34N2O7. The molecule has 0 saturated carbocycles. The van der Waals surface area contributed by atoms with Crippen molar-refractivity contribution in [1.29, 1.82) is 0 Å². The molecule has 0 fully saturated rings. The van der Waals surface area contributed by atoms with Gasteiger partial charge in [0.15, 0.2) is 5.78 Å². The summed E-state index contributed by atoms with van der Waals surface area (Å²) in [5, 5.41) is 22.2. The van der Waals surface area contributed by atoms with Crippen molar-refractivity contribution in [1.82, 2.24) is 0 Å². The number of ketones is 1. The summed E-state index contributed by atoms with van der Waals surface area (Å²) in [5.41, 5.74) is 10.8. The molecule has 25 heavy (non-hydrogen) atoms. The molecule has 7 N–H and O–H groups in total. The summed E-state index contributed by atoms with van der Waals surface area (Å²) in [6.07, 6.45) is 6.42. The molecule has 150 valence electrons. The molecule has 0 aromatic heterocycles. The van der Waals surface area contributed by atoms with E-state index in [1.165, 1.54) is 19.3 Å². The van der Waals surface area contributed by atoms with Crippen LogP contribution in [0.3, 0.4) is 0 Å². The van der Waals surface area contributed by atoms with Crippen LogP contribution in [0.1, 0.15) is 66.2 Å². The van der Waals surface area contributed by atoms with Crippen molar-refractivity contribution in [3.63, 3.8) is 0 Å². The summed E-state index contributed by atoms with van der Waals surface area (Å²) < 4.78 is 0. The van der Waals surface area contributed by atoms with Crippen LogP contribution >= 0.6 is 0 Å². The number of carbonyl (C=O) groups excluding carboxylic acids is 1. The number of unbranched alkanes of at least 4 members (excludes halogenated alkanes) is 4. The van der Waals surface area contributed by atoms with Crippen LogP contribution < -0.4 is 11.5 Å². The third-order valence-corrected chi connectivity index (χ3v) is 2.19. The Morgan fingerprint density at radius 3 is 1.40 bits per heavy atom. The lowest BCUT2D eigenvalue weighted by Gasteiger charge is -2.06. The first kappa shape index (κ1) is 30.8. The summed E-state index contributed by atoms with van der Waals surface area (Å²) in [5.74, 6) is -2.39. The number of rotatable bonds is 8. The van der Waals surface area contributed by atoms with Gasteiger partial charge in [0.05, 0.1) is 6.04 Å². The maximum atomic E-state index is 11.2. The van der Waals surface area contributed by atoms with Crippen LogP contribution in [0.2, 0.25) is 0 Å². The van der Waals surface area contributed by atoms with Gasteiger partial charge in [-0.1, -0.05) is 32.6 Å². The summed E-state index contributed by atoms with van der Waals surface area (Å²) in [6.45, 7) is 5.70. The predicted molar refractivity (Wildman–Crippen MR) is 95.3 cm³/mol. The van der Waals surface area contributed by atoms with Crippen LogP contribution in [-0.2, 0) is 19.2 Å². The second-order valence-corrected chi connectivity index (χ2v) is 5.03. The number of Topliss-reactive ketones (excluding diaryl/α,β-unsaturated/α-hetero) is 1. The van der Waals surface area contributed by atoms with Crippen molar-refractivity contribution < 1.29 is 34.5 Å². The summed E-state index contributed by atoms with van der Waals surface area (Å²) in [4.78, 5) is 38.2. The zero-order valence-corrected chi connectivity index (χ0v) is 15.7. The van der Waals surface area contributed by atoms with Crippen molar-refractivity contribution in [2.24, 2.45) is 11.5 Å². The van der Waals surface area contributed by atoms with E-state index in [2.05, 4.69) is 6.92 Å². The molecule has 0 amide bonds. The van der Waals surface area contributed by atoms with Crippen LogP contribution in [0.25, 0.3) is 0 Å². The Bertz CT molecular complexity index is 320. The zero-order chi connectivity index (χ0) is 20.8. The van der Waals surface area contributed by atoms with E-state index >= 15 is 0 Å². The number of hydrogen-bond donors (Lipinski definition) is 5. The Kier molecular flexibility index (Phi) is 29.9. The molecule has 0 aliphatic heterocycles. The van der Waals surface area contributed by atoms with E-state index in [0.717, 1.165) is 33.6 Å². The van der Waals surface area contributed by atoms with E-state index < -0.39 is 23.9 Å². The first-order valence-electron chi connectivity index (χ1n) is 7.99. The smallest absolute Gasteiger partial charge is 0.300 e. The predicted octanol–water partition coefficient (Wildman–Crippen LogP) is 1.47. The third kappa shape index (κ3) is 72.7. The van der Waals surface area contributed by atoms with E-state index in [0.29, 0.717) is 6.42 Å². The summed E-state index contributed by atoms with van der Waals surface area (Å²) in [6, 6.07) is -0.439. The Hall–Kier alpha value is -2.00. The van der Waals surface area contributed by atoms with Crippen LogP contribution in [0, 0.1) is 0 Å². The van der Waals surface area contributed by atoms with E-state index in [1.807, 2.05) is 0 Å². The fraction of sp³-hybridized carbons (Fsp3) is 0.750. The Balaban J connectivity index is -0.000000150. The first-order valence-corrected chi connectivity index (χ1v) is 7.99. The van der Waals surface area contributed by atoms with Gasteiger partial charge in [-0.2, -0.15) is 0 Å². The van der Waals surface area contributed by atoms with E-state index in [-0.39, 0.29) is 12.3 Å². The van der Waals surface area contributed by atoms with Gasteiger partial charge < -0.3 is 26.8 Å². The average Bonchev–Trinajstić information content (AvgIpc) is 2.44. The van der Waals surface area contributed by atoms with Crippen LogP contribution in [0.4, 0.5) is 0 Å². The molecule has 0 spiro atoms. The fourth-order valence-electron chi connectivity index (χ4n) is 1.22. The minimum Gasteiger partial charge on any atom is -0.481 e. The lowest BCUT2D eigenvalue weighted by molar-refractivity contribution is -0.135. The van der Waals surface area contributed by atoms with E-state index in [4.69, 9.17) is 41.2 Å². The minimum atomic E-state index is -0.833. The molecule has 0 aromatic rings. The molecule has 0 aromatic carbocycles. The maximum absolute atomic E-state index is 11.2. The van der Waals surface area contributed by atoms with Gasteiger partial charge >= 0.3 is 0 Å². The molecule has 9 nitrogen and oxygen atoms in total. The number of nitrogens with two attached hydrogens (primary N) is 2. The van der Waals surface area contributed by atoms with Gasteiger partial charge in [0.1, 0.15) is 0 Å². The molecule has 1 unspecified atom stereocenters. The molecular weight excluding hydrogens is 332 g/mol. The molecule has 0 rings (SSSR count). The SMILES string of the molecule is CC(=O)O.CC(=O)O.CC(=O)O.CCCCCCCC(=O)C(N)CN. The standard InChI is InChI=1S/C10H22N2O.3C2H4O2/c1-2-3-4-5-6-7-10(13)9(12)8-11;3*1-2(3)4/h9H,2-8,11-12H2,1H3;3*1H3,(H,3,4). The number of aliphatic carboxylic acids is 3. The van der Waals surface area contributed by atoms with Crippen molar-refractivity contribution in [2.45, 2.75) is 72.3 Å². The highest BCUT2D eigenvalue weighted by molar-refractivity contribution is 5.83. The maximum Gasteiger partial charge on any atom is 0.300 e. The lowest BCUT2D eigenvalue weighted by Crippen LogP contribution is -2.37. The Morgan fingerprint density at radius 1 is 0.800 bits per heavy atom. The normalized spacial score (nSPS) is 9.68. The molecule has 0 saturated heterocycles. The van der Waals surface area contributed by atoms with Crippen LogP contribution in [0.5, 0.6) is 0 Å². The topological polar surface area (TPSA) is 181 Å². The summed E-state index contributed by atoms with van der Waals surface area (Å²) in [7, 11) is 0. The first-order chi connectivity index (χ1) is 11.4. The number of hydrogen-bond acceptors (Lipinski definition) is 6. The van der Waals surface area contributed by atoms with Gasteiger partial charge in [0.2, 0.25) is 0 Å². The van der Waals surface area contributed by atoms with Crippen molar-refractivity contribution in [3.05, 3.63) is 0 Å². The number of carboxylic acids is 3. The van der Waals surface area contributed by atoms with Gasteiger partial charge in [-0.05, 0) is 6.42 Å². The quantitative estimate of drug-likeness (QED) is 0.397. The minimum absolute atomic E-state index is 0.110. The molecule has 0 aliphatic carbocycles. The van der Waals surface area contributed by atoms with Crippen LogP contribution in [-0.4, -0.2) is 51.6 Å². The average molecular weight is 366 g/mol. The largest absolute Gasteiger partial charge is 0.481 e. The Labute approximate surface area is 149 Å². The van der Waals surface area contributed by atoms with Gasteiger partial charge in [-0.3, -0.25) is 19.2 Å². The fourth-order valence-corrected chi connectivity index (χ4v) is 1.22. The molecule has 0 bridgehead atoms. The molecule has 9 heteroatoms. The van der Waals surface area contributed by atoms with Gasteiger partial charge in [-0.25, -0.2) is 0 Å². The second-order valence-electron chi connectivity index (χ2n) is 5.03. The molecule has 0 heterocycles. The Morgan fingerprint density at radius 2 is 1.12 bits per heavy atom. The highest BCUT2D eigenvalue weighted by Gasteiger charge is 2.09. The monoisotopic (exact) mass is 366 g/mol. The van der Waals surface area contributed by atoms with Crippen molar-refractivity contribution >= 4 is 23.7 Å². The molecule has 0 radical (unpaired) electrons. The number of carbonyl (C=O) groups is 4. The lowest BCUT2D eigenvalue weighted by atomic mass is 10.1. The van der Waals surface area contributed by atoms with E-state index in [9.17, 15) is 4.79 Å². The zero-order valence-electron chi connectivity index (χ0n) is 15.7. The van der Waals surface area contributed by atoms with E-state index in [1.54, 1.807) is 0 Å². The third-order valence-electron chi connectivity index (χ3n) is 2.19. The highest BCUT2D eigenvalue weighted by Crippen LogP contribution is 2.05. The summed E-state index contributed by atoms with van der Waals surface area (Å²) >= 11 is 0. The van der Waals surface area contributed by atoms with Gasteiger partial charge in [-0.15, -0.1) is 0 Å². The second kappa shape index (κ2) is 24.3. The highest BCUT2D eigenvalue weighted by atomic mass is 16.4. The van der Waals surface area contributed by atoms with Crippen LogP contribution in [0.15, 0.2) is 0 Å². The molecule has 1 atom stereocenters. The number of carboxylic acid groups (broad SMARTS) is 3. The van der Waals surface area contributed by atoms with Gasteiger partial charge in [0.25, 0.3) is 17.9 Å². The van der Waals surface area contributed by atoms with Crippen molar-refractivity contribution in [3.8, 4) is 0 Å². The van der Waals surface area contributed by atoms with Crippen molar-refractivity contribution in [2.75, 3.05) is 6.54 Å². The molecule has 0 aliphatic rings. The van der Waals surface area contributed by atoms with Gasteiger partial charge in [0, 0.05) is 33.7 Å².